The van der Waals surface area contributed by atoms with E-state index in [0.717, 1.165) is 17.0 Å². The van der Waals surface area contributed by atoms with Crippen molar-refractivity contribution in [2.75, 3.05) is 0 Å². The second kappa shape index (κ2) is 8.22. The lowest BCUT2D eigenvalue weighted by Crippen LogP contribution is -2.38. The Morgan fingerprint density at radius 1 is 1.38 bits per heavy atom. The third-order valence-electron chi connectivity index (χ3n) is 3.39. The van der Waals surface area contributed by atoms with Crippen LogP contribution in [0.4, 0.5) is 0 Å². The van der Waals surface area contributed by atoms with Gasteiger partial charge in [0.25, 0.3) is 0 Å². The monoisotopic (exact) mass is 332 g/mol. The molecular formula is C14H22Cl2N4O. The standard InChI is InChI=1S/C14H20N4O.2ClH/c1-9-5-4-6-13-17-12(8-18(9)13)7-16-14(19)10(2)11(3)15;;/h4-6,8,10-11H,7,15H2,1-3H3,(H,16,19);2*1H. The zero-order valence-electron chi connectivity index (χ0n) is 12.4. The fraction of sp³-hybridized carbons (Fsp3) is 0.429. The molecule has 0 aliphatic carbocycles. The van der Waals surface area contributed by atoms with Crippen molar-refractivity contribution in [1.82, 2.24) is 14.7 Å². The molecule has 0 aromatic carbocycles. The number of halogens is 2. The number of pyridine rings is 1. The average Bonchev–Trinajstić information content (AvgIpc) is 2.79. The summed E-state index contributed by atoms with van der Waals surface area (Å²) in [5.74, 6) is -0.234. The minimum Gasteiger partial charge on any atom is -0.350 e. The van der Waals surface area contributed by atoms with E-state index in [1.54, 1.807) is 0 Å². The van der Waals surface area contributed by atoms with Gasteiger partial charge in [0, 0.05) is 23.9 Å². The van der Waals surface area contributed by atoms with Crippen LogP contribution in [0.1, 0.15) is 25.2 Å². The number of nitrogens with zero attached hydrogens (tertiary/aromatic N) is 2. The average molecular weight is 333 g/mol. The molecule has 0 radical (unpaired) electrons. The fourth-order valence-electron chi connectivity index (χ4n) is 1.86. The number of nitrogens with one attached hydrogen (secondary N) is 1. The van der Waals surface area contributed by atoms with Gasteiger partial charge in [-0.3, -0.25) is 4.79 Å². The van der Waals surface area contributed by atoms with Crippen molar-refractivity contribution in [3.63, 3.8) is 0 Å². The predicted octanol–water partition coefficient (Wildman–Crippen LogP) is 2.09. The summed E-state index contributed by atoms with van der Waals surface area (Å²) in [4.78, 5) is 16.3. The molecule has 2 heterocycles. The van der Waals surface area contributed by atoms with Gasteiger partial charge in [0.05, 0.1) is 12.2 Å². The van der Waals surface area contributed by atoms with Crippen molar-refractivity contribution in [1.29, 1.82) is 0 Å². The van der Waals surface area contributed by atoms with Gasteiger partial charge < -0.3 is 15.5 Å². The molecule has 1 amide bonds. The number of aryl methyl sites for hydroxylation is 1. The third-order valence-corrected chi connectivity index (χ3v) is 3.39. The van der Waals surface area contributed by atoms with Crippen LogP contribution >= 0.6 is 24.8 Å². The molecule has 0 bridgehead atoms. The van der Waals surface area contributed by atoms with Crippen molar-refractivity contribution in [3.05, 3.63) is 35.8 Å². The van der Waals surface area contributed by atoms with Crippen LogP contribution in [0.2, 0.25) is 0 Å². The number of amides is 1. The van der Waals surface area contributed by atoms with Crippen LogP contribution in [0.15, 0.2) is 24.4 Å². The van der Waals surface area contributed by atoms with Crippen LogP contribution in [-0.2, 0) is 11.3 Å². The third kappa shape index (κ3) is 4.59. The molecule has 2 aromatic heterocycles. The van der Waals surface area contributed by atoms with E-state index in [2.05, 4.69) is 10.3 Å². The molecule has 7 heteroatoms. The molecule has 21 heavy (non-hydrogen) atoms. The highest BCUT2D eigenvalue weighted by molar-refractivity contribution is 5.85. The Bertz CT molecular complexity index is 598. The molecule has 2 atom stereocenters. The van der Waals surface area contributed by atoms with E-state index in [0.29, 0.717) is 6.54 Å². The predicted molar refractivity (Wildman–Crippen MR) is 89.1 cm³/mol. The molecule has 0 saturated carbocycles. The number of imidazole rings is 1. The van der Waals surface area contributed by atoms with Gasteiger partial charge in [-0.25, -0.2) is 4.98 Å². The van der Waals surface area contributed by atoms with Gasteiger partial charge in [-0.1, -0.05) is 13.0 Å². The van der Waals surface area contributed by atoms with E-state index < -0.39 is 0 Å². The van der Waals surface area contributed by atoms with Crippen LogP contribution < -0.4 is 11.1 Å². The molecule has 118 valence electrons. The van der Waals surface area contributed by atoms with Crippen molar-refractivity contribution in [2.45, 2.75) is 33.4 Å². The van der Waals surface area contributed by atoms with E-state index in [1.165, 1.54) is 0 Å². The zero-order valence-corrected chi connectivity index (χ0v) is 14.0. The summed E-state index contributed by atoms with van der Waals surface area (Å²) in [6.07, 6.45) is 1.95. The van der Waals surface area contributed by atoms with Gasteiger partial charge in [0.2, 0.25) is 5.91 Å². The number of hydrogen-bond acceptors (Lipinski definition) is 3. The van der Waals surface area contributed by atoms with Crippen LogP contribution in [0.25, 0.3) is 5.65 Å². The van der Waals surface area contributed by atoms with Crippen LogP contribution in [0, 0.1) is 12.8 Å². The lowest BCUT2D eigenvalue weighted by Gasteiger charge is -2.14. The Labute approximate surface area is 137 Å². The van der Waals surface area contributed by atoms with Crippen molar-refractivity contribution in [2.24, 2.45) is 11.7 Å². The molecule has 2 aromatic rings. The molecule has 0 aliphatic heterocycles. The van der Waals surface area contributed by atoms with Crippen molar-refractivity contribution < 1.29 is 4.79 Å². The van der Waals surface area contributed by atoms with Gasteiger partial charge in [0.1, 0.15) is 5.65 Å². The van der Waals surface area contributed by atoms with Gasteiger partial charge in [-0.2, -0.15) is 0 Å². The quantitative estimate of drug-likeness (QED) is 0.900. The van der Waals surface area contributed by atoms with Crippen molar-refractivity contribution >= 4 is 36.4 Å². The number of carbonyl (C=O) groups excluding carboxylic acids is 1. The lowest BCUT2D eigenvalue weighted by atomic mass is 10.0. The fourth-order valence-corrected chi connectivity index (χ4v) is 1.86. The smallest absolute Gasteiger partial charge is 0.224 e. The molecular weight excluding hydrogens is 311 g/mol. The zero-order chi connectivity index (χ0) is 14.0. The highest BCUT2D eigenvalue weighted by atomic mass is 35.5. The molecule has 0 saturated heterocycles. The summed E-state index contributed by atoms with van der Waals surface area (Å²) >= 11 is 0. The molecule has 0 spiro atoms. The second-order valence-electron chi connectivity index (χ2n) is 4.99. The maximum atomic E-state index is 11.8. The summed E-state index contributed by atoms with van der Waals surface area (Å²) < 4.78 is 2.01. The number of rotatable bonds is 4. The van der Waals surface area contributed by atoms with E-state index >= 15 is 0 Å². The summed E-state index contributed by atoms with van der Waals surface area (Å²) in [5, 5.41) is 2.87. The van der Waals surface area contributed by atoms with Crippen LogP contribution in [0.3, 0.4) is 0 Å². The summed E-state index contributed by atoms with van der Waals surface area (Å²) in [6.45, 7) is 6.11. The Hall–Kier alpha value is -1.30. The number of fused-ring (bicyclic) bond motifs is 1. The van der Waals surface area contributed by atoms with Crippen LogP contribution in [0.5, 0.6) is 0 Å². The van der Waals surface area contributed by atoms with E-state index in [4.69, 9.17) is 5.73 Å². The normalized spacial score (nSPS) is 13.0. The number of aromatic nitrogens is 2. The van der Waals surface area contributed by atoms with Crippen molar-refractivity contribution in [3.8, 4) is 0 Å². The number of nitrogens with two attached hydrogens (primary N) is 1. The molecule has 3 N–H and O–H groups in total. The Morgan fingerprint density at radius 2 is 2.05 bits per heavy atom. The number of hydrogen-bond donors (Lipinski definition) is 2. The SMILES string of the molecule is Cc1cccc2nc(CNC(=O)C(C)C(C)N)cn12.Cl.Cl. The first-order valence-electron chi connectivity index (χ1n) is 6.46. The lowest BCUT2D eigenvalue weighted by molar-refractivity contribution is -0.125. The number of carbonyl (C=O) groups is 1. The minimum atomic E-state index is -0.196. The van der Waals surface area contributed by atoms with E-state index in [1.807, 2.05) is 49.6 Å². The maximum Gasteiger partial charge on any atom is 0.224 e. The minimum absolute atomic E-state index is 0. The van der Waals surface area contributed by atoms with Gasteiger partial charge in [-0.05, 0) is 26.0 Å². The second-order valence-corrected chi connectivity index (χ2v) is 4.99. The topological polar surface area (TPSA) is 72.4 Å². The molecule has 0 fully saturated rings. The first-order valence-corrected chi connectivity index (χ1v) is 6.46. The summed E-state index contributed by atoms with van der Waals surface area (Å²) in [7, 11) is 0. The largest absolute Gasteiger partial charge is 0.350 e. The molecule has 5 nitrogen and oxygen atoms in total. The summed E-state index contributed by atoms with van der Waals surface area (Å²) in [5.41, 5.74) is 8.56. The molecule has 2 unspecified atom stereocenters. The first kappa shape index (κ1) is 19.7. The van der Waals surface area contributed by atoms with Gasteiger partial charge in [-0.15, -0.1) is 24.8 Å². The maximum absolute atomic E-state index is 11.8. The van der Waals surface area contributed by atoms with Crippen LogP contribution in [-0.4, -0.2) is 21.3 Å². The van der Waals surface area contributed by atoms with E-state index in [9.17, 15) is 4.79 Å². The Kier molecular flexibility index (Phi) is 7.71. The Balaban J connectivity index is 0.00000200. The molecule has 2 rings (SSSR count). The van der Waals surface area contributed by atoms with E-state index in [-0.39, 0.29) is 42.7 Å². The first-order chi connectivity index (χ1) is 8.99. The summed E-state index contributed by atoms with van der Waals surface area (Å²) in [6, 6.07) is 5.79. The van der Waals surface area contributed by atoms with Gasteiger partial charge >= 0.3 is 0 Å². The van der Waals surface area contributed by atoms with Gasteiger partial charge in [0.15, 0.2) is 0 Å². The molecule has 0 aliphatic rings. The highest BCUT2D eigenvalue weighted by Gasteiger charge is 2.16. The Morgan fingerprint density at radius 3 is 2.62 bits per heavy atom. The highest BCUT2D eigenvalue weighted by Crippen LogP contribution is 2.08.